The van der Waals surface area contributed by atoms with Crippen LogP contribution in [0.4, 0.5) is 0 Å². The van der Waals surface area contributed by atoms with Gasteiger partial charge < -0.3 is 15.4 Å². The van der Waals surface area contributed by atoms with Gasteiger partial charge in [0.1, 0.15) is 5.75 Å². The molecule has 1 aromatic rings. The SMILES string of the molecule is CCc1ccc(OC)c(CCNCC2CNC2)c1. The van der Waals surface area contributed by atoms with Crippen LogP contribution in [0.3, 0.4) is 0 Å². The summed E-state index contributed by atoms with van der Waals surface area (Å²) in [6.07, 6.45) is 2.12. The Bertz CT molecular complexity index is 375. The molecule has 2 rings (SSSR count). The van der Waals surface area contributed by atoms with E-state index in [1.165, 1.54) is 24.2 Å². The van der Waals surface area contributed by atoms with Gasteiger partial charge in [-0.05, 0) is 42.5 Å². The summed E-state index contributed by atoms with van der Waals surface area (Å²) in [6, 6.07) is 6.51. The van der Waals surface area contributed by atoms with Crippen LogP contribution in [0.15, 0.2) is 18.2 Å². The maximum absolute atomic E-state index is 5.42. The average Bonchev–Trinajstić information content (AvgIpc) is 2.36. The Balaban J connectivity index is 1.82. The van der Waals surface area contributed by atoms with Gasteiger partial charge in [0.15, 0.2) is 0 Å². The monoisotopic (exact) mass is 248 g/mol. The molecule has 1 fully saturated rings. The van der Waals surface area contributed by atoms with Gasteiger partial charge in [0.25, 0.3) is 0 Å². The highest BCUT2D eigenvalue weighted by Crippen LogP contribution is 2.20. The topological polar surface area (TPSA) is 33.3 Å². The third kappa shape index (κ3) is 3.47. The van der Waals surface area contributed by atoms with E-state index in [0.717, 1.165) is 37.6 Å². The van der Waals surface area contributed by atoms with Gasteiger partial charge in [0, 0.05) is 19.6 Å². The van der Waals surface area contributed by atoms with E-state index in [1.807, 2.05) is 0 Å². The summed E-state index contributed by atoms with van der Waals surface area (Å²) in [5.74, 6) is 1.84. The second-order valence-electron chi connectivity index (χ2n) is 4.98. The van der Waals surface area contributed by atoms with Gasteiger partial charge in [0.05, 0.1) is 7.11 Å². The molecule has 0 amide bonds. The first kappa shape index (κ1) is 13.4. The van der Waals surface area contributed by atoms with Gasteiger partial charge in [-0.1, -0.05) is 19.1 Å². The summed E-state index contributed by atoms with van der Waals surface area (Å²) in [4.78, 5) is 0. The molecule has 0 saturated carbocycles. The number of aryl methyl sites for hydroxylation is 1. The molecule has 3 heteroatoms. The Morgan fingerprint density at radius 2 is 2.22 bits per heavy atom. The minimum atomic E-state index is 0.828. The van der Waals surface area contributed by atoms with Crippen molar-refractivity contribution >= 4 is 0 Å². The number of hydrogen-bond acceptors (Lipinski definition) is 3. The summed E-state index contributed by atoms with van der Waals surface area (Å²) < 4.78 is 5.42. The highest BCUT2D eigenvalue weighted by Gasteiger charge is 2.15. The Morgan fingerprint density at radius 1 is 1.39 bits per heavy atom. The molecule has 0 spiro atoms. The van der Waals surface area contributed by atoms with Gasteiger partial charge in [-0.2, -0.15) is 0 Å². The summed E-state index contributed by atoms with van der Waals surface area (Å²) in [7, 11) is 1.75. The van der Waals surface area contributed by atoms with Crippen LogP contribution in [0, 0.1) is 5.92 Å². The normalized spacial score (nSPS) is 15.4. The Labute approximate surface area is 110 Å². The Morgan fingerprint density at radius 3 is 2.83 bits per heavy atom. The molecular formula is C15H24N2O. The van der Waals surface area contributed by atoms with Crippen molar-refractivity contribution in [1.82, 2.24) is 10.6 Å². The molecule has 0 atom stereocenters. The van der Waals surface area contributed by atoms with E-state index in [1.54, 1.807) is 7.11 Å². The van der Waals surface area contributed by atoms with Crippen LogP contribution in [0.25, 0.3) is 0 Å². The van der Waals surface area contributed by atoms with Crippen LogP contribution in [0.1, 0.15) is 18.1 Å². The number of benzene rings is 1. The maximum Gasteiger partial charge on any atom is 0.122 e. The lowest BCUT2D eigenvalue weighted by molar-refractivity contribution is 0.332. The lowest BCUT2D eigenvalue weighted by Crippen LogP contribution is -2.47. The number of nitrogens with one attached hydrogen (secondary N) is 2. The molecule has 1 aliphatic rings. The number of rotatable bonds is 7. The summed E-state index contributed by atoms with van der Waals surface area (Å²) >= 11 is 0. The van der Waals surface area contributed by atoms with Crippen LogP contribution in [0.5, 0.6) is 5.75 Å². The number of hydrogen-bond donors (Lipinski definition) is 2. The summed E-state index contributed by atoms with van der Waals surface area (Å²) in [5.41, 5.74) is 2.70. The highest BCUT2D eigenvalue weighted by atomic mass is 16.5. The van der Waals surface area contributed by atoms with Crippen LogP contribution in [0.2, 0.25) is 0 Å². The van der Waals surface area contributed by atoms with Crippen LogP contribution in [-0.4, -0.2) is 33.3 Å². The first-order valence-electron chi connectivity index (χ1n) is 6.90. The molecule has 100 valence electrons. The molecule has 18 heavy (non-hydrogen) atoms. The summed E-state index contributed by atoms with van der Waals surface area (Å²) in [5, 5.41) is 6.82. The largest absolute Gasteiger partial charge is 0.496 e. The van der Waals surface area contributed by atoms with E-state index in [-0.39, 0.29) is 0 Å². The van der Waals surface area contributed by atoms with Crippen molar-refractivity contribution in [3.63, 3.8) is 0 Å². The zero-order valence-electron chi connectivity index (χ0n) is 11.5. The van der Waals surface area contributed by atoms with Crippen LogP contribution >= 0.6 is 0 Å². The molecule has 0 bridgehead atoms. The van der Waals surface area contributed by atoms with Crippen LogP contribution in [-0.2, 0) is 12.8 Å². The van der Waals surface area contributed by atoms with Crippen molar-refractivity contribution in [2.75, 3.05) is 33.3 Å². The van der Waals surface area contributed by atoms with Crippen LogP contribution < -0.4 is 15.4 Å². The fraction of sp³-hybridized carbons (Fsp3) is 0.600. The average molecular weight is 248 g/mol. The molecular weight excluding hydrogens is 224 g/mol. The molecule has 1 aliphatic heterocycles. The van der Waals surface area contributed by atoms with Crippen molar-refractivity contribution in [1.29, 1.82) is 0 Å². The smallest absolute Gasteiger partial charge is 0.122 e. The Hall–Kier alpha value is -1.06. The van der Waals surface area contributed by atoms with E-state index < -0.39 is 0 Å². The van der Waals surface area contributed by atoms with E-state index in [9.17, 15) is 0 Å². The lowest BCUT2D eigenvalue weighted by Gasteiger charge is -2.27. The van der Waals surface area contributed by atoms with E-state index in [0.29, 0.717) is 0 Å². The van der Waals surface area contributed by atoms with E-state index in [4.69, 9.17) is 4.74 Å². The third-order valence-electron chi connectivity index (χ3n) is 3.62. The fourth-order valence-electron chi connectivity index (χ4n) is 2.27. The van der Waals surface area contributed by atoms with Gasteiger partial charge in [-0.15, -0.1) is 0 Å². The van der Waals surface area contributed by atoms with Gasteiger partial charge in [0.2, 0.25) is 0 Å². The quantitative estimate of drug-likeness (QED) is 0.719. The lowest BCUT2D eigenvalue weighted by atomic mass is 10.0. The summed E-state index contributed by atoms with van der Waals surface area (Å²) in [6.45, 7) is 6.68. The zero-order valence-corrected chi connectivity index (χ0v) is 11.5. The van der Waals surface area contributed by atoms with Gasteiger partial charge >= 0.3 is 0 Å². The second-order valence-corrected chi connectivity index (χ2v) is 4.98. The van der Waals surface area contributed by atoms with Crippen molar-refractivity contribution in [2.24, 2.45) is 5.92 Å². The standard InChI is InChI=1S/C15H24N2O/c1-3-12-4-5-15(18-2)14(8-12)6-7-16-9-13-10-17-11-13/h4-5,8,13,16-17H,3,6-7,9-11H2,1-2H3. The number of ether oxygens (including phenoxy) is 1. The fourth-order valence-corrected chi connectivity index (χ4v) is 2.27. The van der Waals surface area contributed by atoms with Crippen molar-refractivity contribution < 1.29 is 4.74 Å². The number of methoxy groups -OCH3 is 1. The second kappa shape index (κ2) is 6.76. The third-order valence-corrected chi connectivity index (χ3v) is 3.62. The van der Waals surface area contributed by atoms with Crippen molar-refractivity contribution in [3.05, 3.63) is 29.3 Å². The van der Waals surface area contributed by atoms with Crippen molar-refractivity contribution in [2.45, 2.75) is 19.8 Å². The zero-order chi connectivity index (χ0) is 12.8. The van der Waals surface area contributed by atoms with Crippen molar-refractivity contribution in [3.8, 4) is 5.75 Å². The maximum atomic E-state index is 5.42. The molecule has 2 N–H and O–H groups in total. The molecule has 1 heterocycles. The van der Waals surface area contributed by atoms with E-state index in [2.05, 4.69) is 35.8 Å². The first-order chi connectivity index (χ1) is 8.83. The predicted molar refractivity (Wildman–Crippen MR) is 75.3 cm³/mol. The Kier molecular flexibility index (Phi) is 5.02. The minimum Gasteiger partial charge on any atom is -0.496 e. The molecule has 1 saturated heterocycles. The molecule has 0 aliphatic carbocycles. The van der Waals surface area contributed by atoms with Gasteiger partial charge in [-0.3, -0.25) is 0 Å². The molecule has 0 unspecified atom stereocenters. The molecule has 0 radical (unpaired) electrons. The van der Waals surface area contributed by atoms with E-state index >= 15 is 0 Å². The predicted octanol–water partition coefficient (Wildman–Crippen LogP) is 1.61. The molecule has 3 nitrogen and oxygen atoms in total. The highest BCUT2D eigenvalue weighted by molar-refractivity contribution is 5.37. The van der Waals surface area contributed by atoms with Gasteiger partial charge in [-0.25, -0.2) is 0 Å². The molecule has 1 aromatic carbocycles. The molecule has 0 aromatic heterocycles. The minimum absolute atomic E-state index is 0.828. The first-order valence-corrected chi connectivity index (χ1v) is 6.90.